The Hall–Kier alpha value is -0.910. The van der Waals surface area contributed by atoms with Gasteiger partial charge in [0.15, 0.2) is 0 Å². The Bertz CT molecular complexity index is 421. The van der Waals surface area contributed by atoms with E-state index < -0.39 is 6.10 Å². The number of anilines is 1. The Kier molecular flexibility index (Phi) is 3.81. The van der Waals surface area contributed by atoms with Crippen LogP contribution in [0.2, 0.25) is 10.4 Å². The summed E-state index contributed by atoms with van der Waals surface area (Å²) in [5, 5.41) is 2.79. The SMILES string of the molecule is CC1CCOC1C(=O)Nc1cc(Cl)nc(Cl)n1. The molecule has 2 heterocycles. The average molecular weight is 276 g/mol. The van der Waals surface area contributed by atoms with Gasteiger partial charge in [-0.3, -0.25) is 4.79 Å². The topological polar surface area (TPSA) is 64.1 Å². The number of rotatable bonds is 2. The summed E-state index contributed by atoms with van der Waals surface area (Å²) in [4.78, 5) is 19.4. The lowest BCUT2D eigenvalue weighted by Crippen LogP contribution is -2.31. The summed E-state index contributed by atoms with van der Waals surface area (Å²) in [6, 6.07) is 1.44. The van der Waals surface area contributed by atoms with Crippen LogP contribution in [0, 0.1) is 5.92 Å². The van der Waals surface area contributed by atoms with E-state index in [9.17, 15) is 4.79 Å². The fourth-order valence-corrected chi connectivity index (χ4v) is 2.09. The van der Waals surface area contributed by atoms with Gasteiger partial charge in [-0.25, -0.2) is 9.97 Å². The molecule has 5 nitrogen and oxygen atoms in total. The van der Waals surface area contributed by atoms with E-state index in [-0.39, 0.29) is 28.1 Å². The molecule has 1 aliphatic heterocycles. The van der Waals surface area contributed by atoms with Gasteiger partial charge in [-0.15, -0.1) is 0 Å². The minimum absolute atomic E-state index is 0.00631. The summed E-state index contributed by atoms with van der Waals surface area (Å²) in [6.45, 7) is 2.57. The van der Waals surface area contributed by atoms with Gasteiger partial charge in [-0.2, -0.15) is 0 Å². The van der Waals surface area contributed by atoms with Crippen LogP contribution in [0.5, 0.6) is 0 Å². The standard InChI is InChI=1S/C10H11Cl2N3O2/c1-5-2-3-17-8(5)9(16)14-7-4-6(11)13-10(12)15-7/h4-5,8H,2-3H2,1H3,(H,13,14,15,16). The molecule has 92 valence electrons. The molecule has 2 atom stereocenters. The number of halogens is 2. The van der Waals surface area contributed by atoms with Crippen molar-refractivity contribution < 1.29 is 9.53 Å². The Labute approximate surface area is 108 Å². The van der Waals surface area contributed by atoms with Gasteiger partial charge in [0, 0.05) is 12.7 Å². The highest BCUT2D eigenvalue weighted by Crippen LogP contribution is 2.22. The number of aromatic nitrogens is 2. The Balaban J connectivity index is 2.07. The molecule has 2 unspecified atom stereocenters. The van der Waals surface area contributed by atoms with E-state index in [1.807, 2.05) is 6.92 Å². The first kappa shape index (κ1) is 12.5. The van der Waals surface area contributed by atoms with Crippen LogP contribution >= 0.6 is 23.2 Å². The quantitative estimate of drug-likeness (QED) is 0.664. The van der Waals surface area contributed by atoms with Gasteiger partial charge in [0.05, 0.1) is 0 Å². The lowest BCUT2D eigenvalue weighted by atomic mass is 10.0. The molecule has 1 amide bonds. The highest BCUT2D eigenvalue weighted by atomic mass is 35.5. The molecule has 0 radical (unpaired) electrons. The van der Waals surface area contributed by atoms with Crippen molar-refractivity contribution in [1.29, 1.82) is 0 Å². The molecule has 0 bridgehead atoms. The van der Waals surface area contributed by atoms with E-state index in [1.165, 1.54) is 6.07 Å². The highest BCUT2D eigenvalue weighted by Gasteiger charge is 2.31. The molecule has 2 rings (SSSR count). The smallest absolute Gasteiger partial charge is 0.254 e. The molecule has 1 fully saturated rings. The summed E-state index contributed by atoms with van der Waals surface area (Å²) in [6.07, 6.45) is 0.436. The van der Waals surface area contributed by atoms with E-state index >= 15 is 0 Å². The number of hydrogen-bond acceptors (Lipinski definition) is 4. The first-order valence-corrected chi connectivity index (χ1v) is 5.94. The molecule has 7 heteroatoms. The number of nitrogens with zero attached hydrogens (tertiary/aromatic N) is 2. The molecule has 1 aliphatic rings. The number of carbonyl (C=O) groups is 1. The zero-order valence-corrected chi connectivity index (χ0v) is 10.6. The molecule has 1 aromatic heterocycles. The van der Waals surface area contributed by atoms with E-state index in [1.54, 1.807) is 0 Å². The highest BCUT2D eigenvalue weighted by molar-refractivity contribution is 6.32. The number of amides is 1. The maximum absolute atomic E-state index is 11.9. The fourth-order valence-electron chi connectivity index (χ4n) is 1.68. The summed E-state index contributed by atoms with van der Waals surface area (Å²) < 4.78 is 5.34. The largest absolute Gasteiger partial charge is 0.368 e. The van der Waals surface area contributed by atoms with Gasteiger partial charge in [-0.1, -0.05) is 18.5 Å². The molecule has 0 spiro atoms. The second kappa shape index (κ2) is 5.16. The Morgan fingerprint density at radius 2 is 2.29 bits per heavy atom. The van der Waals surface area contributed by atoms with Crippen LogP contribution in [-0.2, 0) is 9.53 Å². The van der Waals surface area contributed by atoms with Crippen LogP contribution in [0.1, 0.15) is 13.3 Å². The molecular weight excluding hydrogens is 265 g/mol. The Morgan fingerprint density at radius 1 is 1.53 bits per heavy atom. The monoisotopic (exact) mass is 275 g/mol. The van der Waals surface area contributed by atoms with Crippen molar-refractivity contribution in [2.75, 3.05) is 11.9 Å². The van der Waals surface area contributed by atoms with Crippen molar-refractivity contribution in [3.8, 4) is 0 Å². The first-order chi connectivity index (χ1) is 8.06. The lowest BCUT2D eigenvalue weighted by molar-refractivity contribution is -0.126. The van der Waals surface area contributed by atoms with Crippen LogP contribution in [0.4, 0.5) is 5.82 Å². The van der Waals surface area contributed by atoms with Gasteiger partial charge in [0.1, 0.15) is 17.1 Å². The van der Waals surface area contributed by atoms with Gasteiger partial charge in [-0.05, 0) is 23.9 Å². The van der Waals surface area contributed by atoms with Gasteiger partial charge < -0.3 is 10.1 Å². The lowest BCUT2D eigenvalue weighted by Gasteiger charge is -2.13. The molecule has 1 saturated heterocycles. The second-order valence-electron chi connectivity index (χ2n) is 3.89. The predicted molar refractivity (Wildman–Crippen MR) is 64.2 cm³/mol. The van der Waals surface area contributed by atoms with Crippen molar-refractivity contribution in [3.63, 3.8) is 0 Å². The number of ether oxygens (including phenoxy) is 1. The second-order valence-corrected chi connectivity index (χ2v) is 4.62. The normalized spacial score (nSPS) is 23.7. The van der Waals surface area contributed by atoms with Crippen molar-refractivity contribution in [2.24, 2.45) is 5.92 Å². The van der Waals surface area contributed by atoms with Crippen LogP contribution in [-0.4, -0.2) is 28.6 Å². The molecular formula is C10H11Cl2N3O2. The van der Waals surface area contributed by atoms with E-state index in [0.717, 1.165) is 6.42 Å². The van der Waals surface area contributed by atoms with Gasteiger partial charge >= 0.3 is 0 Å². The van der Waals surface area contributed by atoms with Crippen molar-refractivity contribution >= 4 is 34.9 Å². The predicted octanol–water partition coefficient (Wildman–Crippen LogP) is 2.15. The Morgan fingerprint density at radius 3 is 2.88 bits per heavy atom. The average Bonchev–Trinajstić information content (AvgIpc) is 2.62. The summed E-state index contributed by atoms with van der Waals surface area (Å²) in [7, 11) is 0. The summed E-state index contributed by atoms with van der Waals surface area (Å²) in [5.74, 6) is 0.242. The number of nitrogens with one attached hydrogen (secondary N) is 1. The number of hydrogen-bond donors (Lipinski definition) is 1. The van der Waals surface area contributed by atoms with Gasteiger partial charge in [0.25, 0.3) is 5.91 Å². The van der Waals surface area contributed by atoms with Crippen LogP contribution in [0.15, 0.2) is 6.07 Å². The summed E-state index contributed by atoms with van der Waals surface area (Å²) in [5.41, 5.74) is 0. The fraction of sp³-hybridized carbons (Fsp3) is 0.500. The molecule has 1 aromatic rings. The maximum Gasteiger partial charge on any atom is 0.254 e. The van der Waals surface area contributed by atoms with E-state index in [2.05, 4.69) is 15.3 Å². The molecule has 1 N–H and O–H groups in total. The van der Waals surface area contributed by atoms with Crippen LogP contribution in [0.25, 0.3) is 0 Å². The zero-order chi connectivity index (χ0) is 12.4. The molecule has 0 saturated carbocycles. The minimum atomic E-state index is -0.442. The maximum atomic E-state index is 11.9. The third-order valence-corrected chi connectivity index (χ3v) is 2.93. The van der Waals surface area contributed by atoms with E-state index in [0.29, 0.717) is 6.61 Å². The zero-order valence-electron chi connectivity index (χ0n) is 9.11. The van der Waals surface area contributed by atoms with E-state index in [4.69, 9.17) is 27.9 Å². The third kappa shape index (κ3) is 3.06. The van der Waals surface area contributed by atoms with Crippen molar-refractivity contribution in [1.82, 2.24) is 9.97 Å². The van der Waals surface area contributed by atoms with Crippen molar-refractivity contribution in [3.05, 3.63) is 16.5 Å². The minimum Gasteiger partial charge on any atom is -0.368 e. The van der Waals surface area contributed by atoms with Crippen LogP contribution in [0.3, 0.4) is 0 Å². The number of carbonyl (C=O) groups excluding carboxylic acids is 1. The van der Waals surface area contributed by atoms with Gasteiger partial charge in [0.2, 0.25) is 5.28 Å². The van der Waals surface area contributed by atoms with Crippen molar-refractivity contribution in [2.45, 2.75) is 19.4 Å². The molecule has 0 aliphatic carbocycles. The van der Waals surface area contributed by atoms with Crippen LogP contribution < -0.4 is 5.32 Å². The molecule has 17 heavy (non-hydrogen) atoms. The summed E-state index contributed by atoms with van der Waals surface area (Å²) >= 11 is 11.3. The first-order valence-electron chi connectivity index (χ1n) is 5.19. The third-order valence-electron chi connectivity index (χ3n) is 2.56. The molecule has 0 aromatic carbocycles.